The zero-order valence-corrected chi connectivity index (χ0v) is 29.4. The monoisotopic (exact) mass is 609 g/mol. The molecular weight excluding hydrogens is 535 g/mol. The quantitative estimate of drug-likeness (QED) is 0.0408. The second-order valence-electron chi connectivity index (χ2n) is 12.3. The molecule has 0 saturated heterocycles. The van der Waals surface area contributed by atoms with Crippen LogP contribution in [0.1, 0.15) is 194 Å². The Balaban J connectivity index is 3.47. The fourth-order valence-electron chi connectivity index (χ4n) is 5.23. The van der Waals surface area contributed by atoms with E-state index in [-0.39, 0.29) is 0 Å². The molecule has 248 valence electrons. The number of hydrogen-bond donors (Lipinski definition) is 0. The fraction of sp³-hybridized carbons (Fsp3) is 0.842. The van der Waals surface area contributed by atoms with Crippen LogP contribution in [-0.4, -0.2) is 13.2 Å². The highest BCUT2D eigenvalue weighted by Crippen LogP contribution is 2.49. The first kappa shape index (κ1) is 41.4. The van der Waals surface area contributed by atoms with E-state index in [2.05, 4.69) is 44.7 Å². The van der Waals surface area contributed by atoms with E-state index in [9.17, 15) is 4.57 Å². The number of unbranched alkanes of at least 4 members (excludes halogenated alkanes) is 24. The van der Waals surface area contributed by atoms with E-state index >= 15 is 0 Å². The van der Waals surface area contributed by atoms with E-state index < -0.39 is 7.60 Å². The molecule has 0 heterocycles. The molecule has 0 fully saturated rings. The molecule has 0 aromatic heterocycles. The van der Waals surface area contributed by atoms with E-state index in [1.54, 1.807) is 0 Å². The molecule has 0 aliphatic carbocycles. The first-order valence-electron chi connectivity index (χ1n) is 18.5. The Morgan fingerprint density at radius 3 is 0.976 bits per heavy atom. The highest BCUT2D eigenvalue weighted by molar-refractivity contribution is 7.57. The normalized spacial score (nSPS) is 12.2. The van der Waals surface area contributed by atoms with E-state index in [1.807, 2.05) is 0 Å². The summed E-state index contributed by atoms with van der Waals surface area (Å²) in [5.41, 5.74) is 0. The highest BCUT2D eigenvalue weighted by Gasteiger charge is 2.19. The first-order chi connectivity index (χ1) is 20.7. The molecule has 0 atom stereocenters. The van der Waals surface area contributed by atoms with Crippen LogP contribution in [0.15, 0.2) is 36.7 Å². The minimum absolute atomic E-state index is 0.498. The molecule has 0 saturated carbocycles. The summed E-state index contributed by atoms with van der Waals surface area (Å²) in [6.45, 7) is 9.25. The van der Waals surface area contributed by atoms with Gasteiger partial charge in [0.25, 0.3) is 0 Å². The summed E-state index contributed by atoms with van der Waals surface area (Å²) in [5.74, 6) is 1.38. The molecule has 0 aliphatic heterocycles. The molecule has 0 radical (unpaired) electrons. The largest absolute Gasteiger partial charge is 0.353 e. The lowest BCUT2D eigenvalue weighted by molar-refractivity contribution is 0.205. The number of hydrogen-bond acceptors (Lipinski definition) is 3. The Hall–Kier alpha value is -0.630. The maximum Gasteiger partial charge on any atom is 0.353 e. The lowest BCUT2D eigenvalue weighted by atomic mass is 10.1. The van der Waals surface area contributed by atoms with Crippen molar-refractivity contribution in [2.24, 2.45) is 0 Å². The van der Waals surface area contributed by atoms with Crippen molar-refractivity contribution < 1.29 is 13.6 Å². The second-order valence-corrected chi connectivity index (χ2v) is 14.2. The summed E-state index contributed by atoms with van der Waals surface area (Å²) in [7, 11) is -3.13. The van der Waals surface area contributed by atoms with Crippen LogP contribution in [0, 0.1) is 0 Å². The van der Waals surface area contributed by atoms with Crippen LogP contribution in [0.2, 0.25) is 0 Å². The molecule has 0 rings (SSSR count). The first-order valence-corrected chi connectivity index (χ1v) is 20.1. The molecule has 0 aliphatic rings. The zero-order chi connectivity index (χ0) is 30.7. The number of allylic oxidation sites excluding steroid dienone is 4. The van der Waals surface area contributed by atoms with Gasteiger partial charge in [0, 0.05) is 5.82 Å². The lowest BCUT2D eigenvalue weighted by Gasteiger charge is -2.15. The average molecular weight is 609 g/mol. The van der Waals surface area contributed by atoms with Gasteiger partial charge in [-0.15, -0.1) is 0 Å². The molecule has 3 nitrogen and oxygen atoms in total. The van der Waals surface area contributed by atoms with Crippen molar-refractivity contribution >= 4 is 7.60 Å². The van der Waals surface area contributed by atoms with Gasteiger partial charge in [-0.25, -0.2) is 0 Å². The van der Waals surface area contributed by atoms with Gasteiger partial charge in [-0.05, 0) is 64.2 Å². The minimum atomic E-state index is -3.13. The van der Waals surface area contributed by atoms with Gasteiger partial charge in [0.05, 0.1) is 13.2 Å². The molecule has 0 bridgehead atoms. The average Bonchev–Trinajstić information content (AvgIpc) is 3.00. The van der Waals surface area contributed by atoms with Gasteiger partial charge in [0.15, 0.2) is 0 Å². The van der Waals surface area contributed by atoms with Crippen LogP contribution < -0.4 is 0 Å². The van der Waals surface area contributed by atoms with E-state index in [0.29, 0.717) is 13.2 Å². The molecule has 0 unspecified atom stereocenters. The maximum atomic E-state index is 12.7. The van der Waals surface area contributed by atoms with Gasteiger partial charge in [0.1, 0.15) is 0 Å². The van der Waals surface area contributed by atoms with Crippen LogP contribution in [0.25, 0.3) is 0 Å². The van der Waals surface area contributed by atoms with Crippen LogP contribution in [0.4, 0.5) is 0 Å². The van der Waals surface area contributed by atoms with Crippen molar-refractivity contribution in [1.82, 2.24) is 0 Å². The Morgan fingerprint density at radius 2 is 0.690 bits per heavy atom. The predicted molar refractivity (Wildman–Crippen MR) is 189 cm³/mol. The van der Waals surface area contributed by atoms with Crippen LogP contribution in [0.5, 0.6) is 0 Å². The molecule has 4 heteroatoms. The molecule has 0 aromatic carbocycles. The van der Waals surface area contributed by atoms with Crippen molar-refractivity contribution in [3.05, 3.63) is 36.7 Å². The third-order valence-electron chi connectivity index (χ3n) is 8.08. The molecule has 0 amide bonds. The van der Waals surface area contributed by atoms with Gasteiger partial charge in [0.2, 0.25) is 0 Å². The van der Waals surface area contributed by atoms with Crippen molar-refractivity contribution in [2.75, 3.05) is 13.2 Å². The molecule has 0 N–H and O–H groups in total. The Kier molecular flexibility index (Phi) is 34.3. The standard InChI is InChI=1S/C38H73O3P/c1-4-7-9-11-13-15-17-19-21-23-25-27-29-31-33-35-37-40-42(39,6-3)41-38-36-34-32-30-28-26-24-22-20-18-16-14-12-10-8-5-2/h6,19-22H,3-5,7-18,23-38H2,1-2H3/b21-19-,22-20-. The summed E-state index contributed by atoms with van der Waals surface area (Å²) < 4.78 is 24.0. The topological polar surface area (TPSA) is 35.5 Å². The van der Waals surface area contributed by atoms with Crippen molar-refractivity contribution in [2.45, 2.75) is 194 Å². The second kappa shape index (κ2) is 34.9. The maximum absolute atomic E-state index is 12.7. The third-order valence-corrected chi connectivity index (χ3v) is 9.61. The molecular formula is C38H73O3P. The summed E-state index contributed by atoms with van der Waals surface area (Å²) in [6, 6.07) is 0. The summed E-state index contributed by atoms with van der Waals surface area (Å²) in [6.07, 6.45) is 45.3. The van der Waals surface area contributed by atoms with Gasteiger partial charge in [-0.3, -0.25) is 4.57 Å². The summed E-state index contributed by atoms with van der Waals surface area (Å²) in [5, 5.41) is 0. The zero-order valence-electron chi connectivity index (χ0n) is 28.5. The van der Waals surface area contributed by atoms with Gasteiger partial charge in [-0.1, -0.05) is 160 Å². The van der Waals surface area contributed by atoms with Crippen LogP contribution in [0.3, 0.4) is 0 Å². The van der Waals surface area contributed by atoms with Crippen molar-refractivity contribution in [3.8, 4) is 0 Å². The minimum Gasteiger partial charge on any atom is -0.306 e. The summed E-state index contributed by atoms with van der Waals surface area (Å²) in [4.78, 5) is 0. The highest BCUT2D eigenvalue weighted by atomic mass is 31.2. The van der Waals surface area contributed by atoms with E-state index in [4.69, 9.17) is 9.05 Å². The fourth-order valence-corrected chi connectivity index (χ4v) is 6.28. The Morgan fingerprint density at radius 1 is 0.429 bits per heavy atom. The van der Waals surface area contributed by atoms with Gasteiger partial charge >= 0.3 is 7.60 Å². The molecule has 42 heavy (non-hydrogen) atoms. The molecule has 0 aromatic rings. The Bertz CT molecular complexity index is 594. The predicted octanol–water partition coefficient (Wildman–Crippen LogP) is 14.4. The van der Waals surface area contributed by atoms with Crippen molar-refractivity contribution in [1.29, 1.82) is 0 Å². The SMILES string of the molecule is C=CP(=O)(OCCCCCCCC/C=C\CCCCCCCC)OCCCCCCCC/C=C\CCCCCCCC. The van der Waals surface area contributed by atoms with Gasteiger partial charge in [-0.2, -0.15) is 0 Å². The Labute approximate surface area is 264 Å². The van der Waals surface area contributed by atoms with E-state index in [1.165, 1.54) is 160 Å². The summed E-state index contributed by atoms with van der Waals surface area (Å²) >= 11 is 0. The van der Waals surface area contributed by atoms with E-state index in [0.717, 1.165) is 25.7 Å². The smallest absolute Gasteiger partial charge is 0.306 e. The molecule has 0 spiro atoms. The third kappa shape index (κ3) is 32.3. The van der Waals surface area contributed by atoms with Gasteiger partial charge < -0.3 is 9.05 Å². The van der Waals surface area contributed by atoms with Crippen LogP contribution in [-0.2, 0) is 13.6 Å². The van der Waals surface area contributed by atoms with Crippen LogP contribution >= 0.6 is 7.60 Å². The lowest BCUT2D eigenvalue weighted by Crippen LogP contribution is -1.98. The number of rotatable bonds is 35. The van der Waals surface area contributed by atoms with Crippen molar-refractivity contribution in [3.63, 3.8) is 0 Å².